The van der Waals surface area contributed by atoms with Crippen molar-refractivity contribution < 1.29 is 23.2 Å². The van der Waals surface area contributed by atoms with Crippen LogP contribution in [0.2, 0.25) is 20.1 Å². The molecule has 29 heavy (non-hydrogen) atoms. The van der Waals surface area contributed by atoms with Crippen LogP contribution in [0.25, 0.3) is 0 Å². The van der Waals surface area contributed by atoms with Gasteiger partial charge in [-0.2, -0.15) is 8.42 Å². The van der Waals surface area contributed by atoms with Gasteiger partial charge in [0.15, 0.2) is 4.75 Å². The lowest BCUT2D eigenvalue weighted by Crippen LogP contribution is -2.39. The highest BCUT2D eigenvalue weighted by atomic mass is 35.5. The molecule has 0 heterocycles. The van der Waals surface area contributed by atoms with E-state index in [0.29, 0.717) is 5.02 Å². The number of aromatic hydroxyl groups is 2. The summed E-state index contributed by atoms with van der Waals surface area (Å²) in [4.78, 5) is 0. The first-order valence-electron chi connectivity index (χ1n) is 7.89. The second-order valence-electron chi connectivity index (χ2n) is 6.12. The molecule has 3 N–H and O–H groups in total. The van der Waals surface area contributed by atoms with Crippen LogP contribution < -0.4 is 0 Å². The molecular formula is C19H12Cl4O5S. The minimum atomic E-state index is -5.09. The molecule has 0 bridgehead atoms. The predicted molar refractivity (Wildman–Crippen MR) is 114 cm³/mol. The maximum Gasteiger partial charge on any atom is 0.283 e. The third-order valence-electron chi connectivity index (χ3n) is 4.36. The van der Waals surface area contributed by atoms with Gasteiger partial charge in [0.05, 0.1) is 10.0 Å². The first kappa shape index (κ1) is 22.0. The van der Waals surface area contributed by atoms with E-state index in [1.807, 2.05) is 0 Å². The zero-order valence-corrected chi connectivity index (χ0v) is 18.1. The molecule has 10 heteroatoms. The molecule has 0 radical (unpaired) electrons. The highest BCUT2D eigenvalue weighted by Gasteiger charge is 2.51. The molecule has 0 saturated heterocycles. The van der Waals surface area contributed by atoms with Crippen LogP contribution in [0.5, 0.6) is 11.5 Å². The average molecular weight is 494 g/mol. The lowest BCUT2D eigenvalue weighted by atomic mass is 9.83. The van der Waals surface area contributed by atoms with E-state index in [1.165, 1.54) is 36.4 Å². The molecule has 1 unspecified atom stereocenters. The first-order valence-corrected chi connectivity index (χ1v) is 10.8. The smallest absolute Gasteiger partial charge is 0.283 e. The van der Waals surface area contributed by atoms with Gasteiger partial charge in [0.2, 0.25) is 0 Å². The molecule has 0 aliphatic rings. The SMILES string of the molecule is O=S(=O)(O)C(c1ccc(Cl)cc1)(c1cc(O)ccc1Cl)c1cc(O)cc(Cl)c1Cl. The van der Waals surface area contributed by atoms with Crippen LogP contribution in [0.15, 0.2) is 54.6 Å². The van der Waals surface area contributed by atoms with Gasteiger partial charge in [-0.3, -0.25) is 4.55 Å². The van der Waals surface area contributed by atoms with Crippen molar-refractivity contribution in [1.29, 1.82) is 0 Å². The van der Waals surface area contributed by atoms with Gasteiger partial charge in [-0.1, -0.05) is 58.5 Å². The van der Waals surface area contributed by atoms with Crippen molar-refractivity contribution in [3.63, 3.8) is 0 Å². The minimum absolute atomic E-state index is 0.000432. The maximum absolute atomic E-state index is 13.0. The van der Waals surface area contributed by atoms with E-state index in [0.717, 1.165) is 18.2 Å². The third kappa shape index (κ3) is 3.77. The Kier molecular flexibility index (Phi) is 5.98. The summed E-state index contributed by atoms with van der Waals surface area (Å²) in [6.07, 6.45) is 0. The number of hydrogen-bond donors (Lipinski definition) is 3. The lowest BCUT2D eigenvalue weighted by Gasteiger charge is -2.34. The van der Waals surface area contributed by atoms with E-state index in [-0.39, 0.29) is 37.5 Å². The Morgan fingerprint density at radius 3 is 1.90 bits per heavy atom. The maximum atomic E-state index is 13.0. The Labute approximate surface area is 186 Å². The summed E-state index contributed by atoms with van der Waals surface area (Å²) in [5.74, 6) is -0.707. The fraction of sp³-hybridized carbons (Fsp3) is 0.0526. The summed E-state index contributed by atoms with van der Waals surface area (Å²) in [5, 5.41) is 19.9. The summed E-state index contributed by atoms with van der Waals surface area (Å²) >= 11 is 24.6. The van der Waals surface area contributed by atoms with Crippen LogP contribution in [-0.4, -0.2) is 23.2 Å². The molecule has 0 saturated carbocycles. The summed E-state index contributed by atoms with van der Waals surface area (Å²) in [7, 11) is -5.09. The van der Waals surface area contributed by atoms with Crippen molar-refractivity contribution in [2.24, 2.45) is 0 Å². The van der Waals surface area contributed by atoms with Crippen LogP contribution in [0.1, 0.15) is 16.7 Å². The average Bonchev–Trinajstić information content (AvgIpc) is 2.62. The number of halogens is 4. The molecule has 152 valence electrons. The third-order valence-corrected chi connectivity index (χ3v) is 7.19. The van der Waals surface area contributed by atoms with Gasteiger partial charge in [0, 0.05) is 27.2 Å². The number of benzene rings is 3. The molecular weight excluding hydrogens is 482 g/mol. The van der Waals surface area contributed by atoms with Crippen molar-refractivity contribution in [1.82, 2.24) is 0 Å². The molecule has 0 amide bonds. The molecule has 0 aliphatic heterocycles. The lowest BCUT2D eigenvalue weighted by molar-refractivity contribution is 0.455. The topological polar surface area (TPSA) is 94.8 Å². The molecule has 3 aromatic rings. The highest BCUT2D eigenvalue weighted by Crippen LogP contribution is 2.51. The second kappa shape index (κ2) is 7.87. The van der Waals surface area contributed by atoms with Gasteiger partial charge in [0.25, 0.3) is 10.1 Å². The molecule has 0 aliphatic carbocycles. The van der Waals surface area contributed by atoms with E-state index in [4.69, 9.17) is 46.4 Å². The summed E-state index contributed by atoms with van der Waals surface area (Å²) in [6, 6.07) is 11.3. The molecule has 3 aromatic carbocycles. The zero-order chi connectivity index (χ0) is 21.6. The molecule has 1 atom stereocenters. The normalized spacial score (nSPS) is 13.8. The standard InChI is InChI=1S/C19H12Cl4O5S/c20-11-3-1-10(2-4-11)19(29(26,27)28,14-7-12(24)5-6-16(14)21)15-8-13(25)9-17(22)18(15)23/h1-9,24-25H,(H,26,27,28). The summed E-state index contributed by atoms with van der Waals surface area (Å²) in [5.41, 5.74) is -0.463. The van der Waals surface area contributed by atoms with Gasteiger partial charge in [-0.25, -0.2) is 0 Å². The largest absolute Gasteiger partial charge is 0.508 e. The van der Waals surface area contributed by atoms with Crippen molar-refractivity contribution in [2.75, 3.05) is 0 Å². The fourth-order valence-corrected chi connectivity index (χ4v) is 5.46. The van der Waals surface area contributed by atoms with Crippen LogP contribution in [-0.2, 0) is 14.9 Å². The number of rotatable bonds is 4. The second-order valence-corrected chi connectivity index (χ2v) is 9.31. The van der Waals surface area contributed by atoms with Gasteiger partial charge in [-0.15, -0.1) is 0 Å². The Bertz CT molecular complexity index is 1200. The van der Waals surface area contributed by atoms with E-state index in [9.17, 15) is 23.2 Å². The van der Waals surface area contributed by atoms with E-state index < -0.39 is 20.6 Å². The molecule has 0 spiro atoms. The minimum Gasteiger partial charge on any atom is -0.508 e. The highest BCUT2D eigenvalue weighted by molar-refractivity contribution is 7.87. The molecule has 5 nitrogen and oxygen atoms in total. The van der Waals surface area contributed by atoms with Crippen LogP contribution in [0.4, 0.5) is 0 Å². The fourth-order valence-electron chi connectivity index (χ4n) is 3.18. The van der Waals surface area contributed by atoms with E-state index >= 15 is 0 Å². The van der Waals surface area contributed by atoms with Gasteiger partial charge in [-0.05, 0) is 42.0 Å². The Hall–Kier alpha value is -1.67. The monoisotopic (exact) mass is 492 g/mol. The van der Waals surface area contributed by atoms with Crippen molar-refractivity contribution in [2.45, 2.75) is 4.75 Å². The number of phenols is 2. The van der Waals surface area contributed by atoms with E-state index in [2.05, 4.69) is 0 Å². The van der Waals surface area contributed by atoms with Gasteiger partial charge >= 0.3 is 0 Å². The van der Waals surface area contributed by atoms with Crippen molar-refractivity contribution in [3.05, 3.63) is 91.4 Å². The Balaban J connectivity index is 2.63. The Morgan fingerprint density at radius 1 is 0.724 bits per heavy atom. The quantitative estimate of drug-likeness (QED) is 0.311. The molecule has 0 aromatic heterocycles. The molecule has 0 fully saturated rings. The van der Waals surface area contributed by atoms with Crippen LogP contribution in [0, 0.1) is 0 Å². The Morgan fingerprint density at radius 2 is 1.31 bits per heavy atom. The van der Waals surface area contributed by atoms with Crippen LogP contribution in [0.3, 0.4) is 0 Å². The van der Waals surface area contributed by atoms with Crippen molar-refractivity contribution in [3.8, 4) is 11.5 Å². The first-order chi connectivity index (χ1) is 13.5. The molecule has 3 rings (SSSR count). The summed E-state index contributed by atoms with van der Waals surface area (Å²) < 4.78 is 34.0. The van der Waals surface area contributed by atoms with Gasteiger partial charge < -0.3 is 10.2 Å². The van der Waals surface area contributed by atoms with E-state index in [1.54, 1.807) is 0 Å². The number of hydrogen-bond acceptors (Lipinski definition) is 4. The predicted octanol–water partition coefficient (Wildman–Crippen LogP) is 5.89. The zero-order valence-electron chi connectivity index (χ0n) is 14.3. The number of phenolic OH excluding ortho intramolecular Hbond substituents is 2. The van der Waals surface area contributed by atoms with Gasteiger partial charge in [0.1, 0.15) is 11.5 Å². The van der Waals surface area contributed by atoms with Crippen LogP contribution >= 0.6 is 46.4 Å². The summed E-state index contributed by atoms with van der Waals surface area (Å²) in [6.45, 7) is 0. The van der Waals surface area contributed by atoms with Crippen molar-refractivity contribution >= 4 is 56.5 Å².